The SMILES string of the molecule is CC(=O)N(c1nc2c(ncn2[C@H]2C[C@H](O)[C@@H](CO)O2)c(=O)[nH]1)[C@@H]1c2ccccc2-c2ccccc2[C@H]1NS(C)(=O)=O. The highest BCUT2D eigenvalue weighted by molar-refractivity contribution is 7.88. The van der Waals surface area contributed by atoms with Crippen LogP contribution in [-0.4, -0.2) is 69.1 Å². The Hall–Kier alpha value is -3.95. The van der Waals surface area contributed by atoms with Crippen LogP contribution in [0.1, 0.15) is 42.8 Å². The summed E-state index contributed by atoms with van der Waals surface area (Å²) in [5, 5.41) is 19.8. The molecule has 1 saturated heterocycles. The van der Waals surface area contributed by atoms with E-state index in [1.807, 2.05) is 30.3 Å². The zero-order chi connectivity index (χ0) is 29.1. The minimum atomic E-state index is -3.76. The lowest BCUT2D eigenvalue weighted by molar-refractivity contribution is -0.117. The number of aliphatic hydroxyl groups excluding tert-OH is 2. The Balaban J connectivity index is 1.54. The molecule has 41 heavy (non-hydrogen) atoms. The Labute approximate surface area is 234 Å². The Morgan fingerprint density at radius 3 is 2.46 bits per heavy atom. The second-order valence-corrected chi connectivity index (χ2v) is 12.0. The molecule has 214 valence electrons. The summed E-state index contributed by atoms with van der Waals surface area (Å²) >= 11 is 0. The summed E-state index contributed by atoms with van der Waals surface area (Å²) < 4.78 is 35.1. The first-order valence-electron chi connectivity index (χ1n) is 12.9. The number of nitrogens with zero attached hydrogens (tertiary/aromatic N) is 4. The number of hydrogen-bond acceptors (Lipinski definition) is 9. The average molecular weight is 581 g/mol. The van der Waals surface area contributed by atoms with E-state index in [9.17, 15) is 28.2 Å². The number of benzene rings is 2. The number of nitrogens with one attached hydrogen (secondary N) is 2. The highest BCUT2D eigenvalue weighted by atomic mass is 32.2. The molecule has 0 radical (unpaired) electrons. The second kappa shape index (κ2) is 10.2. The van der Waals surface area contributed by atoms with E-state index < -0.39 is 52.0 Å². The summed E-state index contributed by atoms with van der Waals surface area (Å²) in [5.74, 6) is -0.612. The zero-order valence-electron chi connectivity index (χ0n) is 22.1. The molecule has 1 aliphatic carbocycles. The third-order valence-electron chi connectivity index (χ3n) is 7.48. The molecule has 1 aliphatic heterocycles. The summed E-state index contributed by atoms with van der Waals surface area (Å²) in [5.41, 5.74) is 2.41. The third kappa shape index (κ3) is 4.73. The number of aromatic nitrogens is 4. The van der Waals surface area contributed by atoms with Crippen LogP contribution in [0.4, 0.5) is 5.95 Å². The Morgan fingerprint density at radius 1 is 1.17 bits per heavy atom. The van der Waals surface area contributed by atoms with Gasteiger partial charge in [-0.2, -0.15) is 4.98 Å². The molecular weight excluding hydrogens is 552 g/mol. The van der Waals surface area contributed by atoms with Crippen molar-refractivity contribution in [2.45, 2.75) is 43.9 Å². The van der Waals surface area contributed by atoms with Gasteiger partial charge in [-0.15, -0.1) is 0 Å². The van der Waals surface area contributed by atoms with E-state index in [-0.39, 0.29) is 30.1 Å². The molecule has 2 aromatic heterocycles. The molecule has 5 atom stereocenters. The van der Waals surface area contributed by atoms with Gasteiger partial charge in [-0.1, -0.05) is 48.5 Å². The number of imidazole rings is 1. The normalized spacial score (nSPS) is 23.8. The Kier molecular flexibility index (Phi) is 6.74. The number of carbonyl (C=O) groups excluding carboxylic acids is 1. The van der Waals surface area contributed by atoms with E-state index >= 15 is 0 Å². The second-order valence-electron chi connectivity index (χ2n) is 10.2. The number of anilines is 1. The molecule has 1 fully saturated rings. The van der Waals surface area contributed by atoms with E-state index in [0.29, 0.717) is 11.1 Å². The third-order valence-corrected chi connectivity index (χ3v) is 8.16. The fourth-order valence-electron chi connectivity index (χ4n) is 5.78. The largest absolute Gasteiger partial charge is 0.394 e. The number of rotatable bonds is 6. The Morgan fingerprint density at radius 2 is 1.83 bits per heavy atom. The van der Waals surface area contributed by atoms with Crippen LogP contribution in [0.3, 0.4) is 0 Å². The van der Waals surface area contributed by atoms with E-state index in [2.05, 4.69) is 19.7 Å². The van der Waals surface area contributed by atoms with Gasteiger partial charge in [0.25, 0.3) is 5.56 Å². The van der Waals surface area contributed by atoms with Crippen molar-refractivity contribution in [2.24, 2.45) is 0 Å². The number of fused-ring (bicyclic) bond motifs is 4. The van der Waals surface area contributed by atoms with Gasteiger partial charge in [0.2, 0.25) is 21.9 Å². The number of amides is 1. The van der Waals surface area contributed by atoms with Crippen LogP contribution >= 0.6 is 0 Å². The number of hydrogen-bond donors (Lipinski definition) is 4. The highest BCUT2D eigenvalue weighted by Crippen LogP contribution is 2.48. The first-order chi connectivity index (χ1) is 19.6. The van der Waals surface area contributed by atoms with E-state index in [0.717, 1.165) is 17.4 Å². The highest BCUT2D eigenvalue weighted by Gasteiger charge is 2.42. The maximum Gasteiger partial charge on any atom is 0.280 e. The van der Waals surface area contributed by atoms with Crippen LogP contribution in [0.2, 0.25) is 0 Å². The fourth-order valence-corrected chi connectivity index (χ4v) is 6.49. The van der Waals surface area contributed by atoms with Crippen molar-refractivity contribution in [1.29, 1.82) is 0 Å². The molecule has 0 saturated carbocycles. The summed E-state index contributed by atoms with van der Waals surface area (Å²) in [6, 6.07) is 12.9. The van der Waals surface area contributed by atoms with Gasteiger partial charge in [0.05, 0.1) is 37.4 Å². The summed E-state index contributed by atoms with van der Waals surface area (Å²) in [4.78, 5) is 39.3. The maximum absolute atomic E-state index is 13.4. The fraction of sp³-hybridized carbons (Fsp3) is 0.333. The molecule has 6 rings (SSSR count). The lowest BCUT2D eigenvalue weighted by atomic mass is 9.79. The van der Waals surface area contributed by atoms with Gasteiger partial charge in [-0.25, -0.2) is 18.1 Å². The zero-order valence-corrected chi connectivity index (χ0v) is 22.9. The molecule has 1 amide bonds. The molecule has 2 aliphatic rings. The molecule has 13 nitrogen and oxygen atoms in total. The monoisotopic (exact) mass is 580 g/mol. The van der Waals surface area contributed by atoms with E-state index in [1.165, 1.54) is 22.7 Å². The molecular formula is C27H28N6O7S. The van der Waals surface area contributed by atoms with E-state index in [4.69, 9.17) is 4.74 Å². The molecule has 3 heterocycles. The first kappa shape index (κ1) is 27.2. The molecule has 14 heteroatoms. The Bertz CT molecular complexity index is 1820. The number of H-pyrrole nitrogens is 1. The predicted octanol–water partition coefficient (Wildman–Crippen LogP) is 1.13. The van der Waals surface area contributed by atoms with Crippen LogP contribution in [0, 0.1) is 0 Å². The van der Waals surface area contributed by atoms with Crippen molar-refractivity contribution in [3.8, 4) is 11.1 Å². The van der Waals surface area contributed by atoms with Gasteiger partial charge in [0, 0.05) is 13.3 Å². The molecule has 0 spiro atoms. The van der Waals surface area contributed by atoms with Crippen LogP contribution in [-0.2, 0) is 19.6 Å². The quantitative estimate of drug-likeness (QED) is 0.260. The van der Waals surface area contributed by atoms with Gasteiger partial charge in [0.1, 0.15) is 12.3 Å². The minimum absolute atomic E-state index is 0.0111. The smallest absolute Gasteiger partial charge is 0.280 e. The standard InChI is InChI=1S/C27H28N6O7S/c1-14(35)33(27-29-25-23(26(37)30-27)28-13-32(25)21-11-19(36)20(12-34)40-21)24-18-10-6-4-8-16(18)15-7-3-5-9-17(15)22(24)31-41(2,38)39/h3-10,13,19-22,24,31,34,36H,11-12H2,1-2H3,(H,29,30,37)/t19-,20+,21+,22+,24+/m0/s1. The topological polar surface area (TPSA) is 180 Å². The van der Waals surface area contributed by atoms with Crippen molar-refractivity contribution in [1.82, 2.24) is 24.2 Å². The number of carbonyl (C=O) groups is 1. The van der Waals surface area contributed by atoms with Crippen LogP contribution < -0.4 is 15.2 Å². The maximum atomic E-state index is 13.4. The number of sulfonamides is 1. The summed E-state index contributed by atoms with van der Waals surface area (Å²) in [7, 11) is -3.76. The van der Waals surface area contributed by atoms with Gasteiger partial charge >= 0.3 is 0 Å². The van der Waals surface area contributed by atoms with Crippen molar-refractivity contribution < 1.29 is 28.2 Å². The van der Waals surface area contributed by atoms with Gasteiger partial charge in [-0.05, 0) is 22.3 Å². The molecule has 4 aromatic rings. The number of ether oxygens (including phenoxy) is 1. The van der Waals surface area contributed by atoms with E-state index in [1.54, 1.807) is 18.2 Å². The lowest BCUT2D eigenvalue weighted by Crippen LogP contribution is -2.45. The molecule has 2 aromatic carbocycles. The van der Waals surface area contributed by atoms with Crippen LogP contribution in [0.15, 0.2) is 59.7 Å². The van der Waals surface area contributed by atoms with Gasteiger partial charge in [-0.3, -0.25) is 24.0 Å². The minimum Gasteiger partial charge on any atom is -0.394 e. The van der Waals surface area contributed by atoms with Crippen molar-refractivity contribution in [3.05, 3.63) is 76.3 Å². The number of aromatic amines is 1. The van der Waals surface area contributed by atoms with Gasteiger partial charge < -0.3 is 14.9 Å². The molecule has 0 bridgehead atoms. The van der Waals surface area contributed by atoms with Crippen molar-refractivity contribution in [2.75, 3.05) is 17.8 Å². The van der Waals surface area contributed by atoms with Crippen LogP contribution in [0.5, 0.6) is 0 Å². The molecule has 4 N–H and O–H groups in total. The average Bonchev–Trinajstić information content (AvgIpc) is 3.52. The summed E-state index contributed by atoms with van der Waals surface area (Å²) in [6.07, 6.45) is 0.0255. The van der Waals surface area contributed by atoms with Crippen molar-refractivity contribution in [3.63, 3.8) is 0 Å². The number of aliphatic hydroxyl groups is 2. The predicted molar refractivity (Wildman–Crippen MR) is 148 cm³/mol. The summed E-state index contributed by atoms with van der Waals surface area (Å²) in [6.45, 7) is 0.920. The van der Waals surface area contributed by atoms with Crippen molar-refractivity contribution >= 4 is 33.0 Å². The lowest BCUT2D eigenvalue weighted by Gasteiger charge is -2.40. The van der Waals surface area contributed by atoms with Gasteiger partial charge in [0.15, 0.2) is 11.2 Å². The van der Waals surface area contributed by atoms with Crippen LogP contribution in [0.25, 0.3) is 22.3 Å². The first-order valence-corrected chi connectivity index (χ1v) is 14.8. The molecule has 0 unspecified atom stereocenters.